The second-order valence-electron chi connectivity index (χ2n) is 9.16. The van der Waals surface area contributed by atoms with Gasteiger partial charge in [-0.2, -0.15) is 0 Å². The zero-order chi connectivity index (χ0) is 24.0. The number of hydrogen-bond acceptors (Lipinski definition) is 5. The first-order chi connectivity index (χ1) is 15.4. The van der Waals surface area contributed by atoms with Crippen molar-refractivity contribution in [2.75, 3.05) is 11.0 Å². The van der Waals surface area contributed by atoms with Crippen LogP contribution in [0.5, 0.6) is 0 Å². The number of fused-ring (bicyclic) bond motifs is 1. The maximum absolute atomic E-state index is 12.6. The number of nitrogens with one attached hydrogen (secondary N) is 2. The molecule has 0 saturated carbocycles. The number of nitrogens with zero attached hydrogens (tertiary/aromatic N) is 2. The largest absolute Gasteiger partial charge is 0.329 e. The zero-order valence-electron chi connectivity index (χ0n) is 19.2. The number of hydrogen-bond donors (Lipinski definition) is 2. The molecule has 0 spiro atoms. The first-order valence-corrected chi connectivity index (χ1v) is 12.4. The van der Waals surface area contributed by atoms with Gasteiger partial charge in [-0.25, -0.2) is 18.4 Å². The van der Waals surface area contributed by atoms with Crippen molar-refractivity contribution in [1.29, 1.82) is 0 Å². The Balaban J connectivity index is 1.92. The highest BCUT2D eigenvalue weighted by Gasteiger charge is 2.20. The first-order valence-electron chi connectivity index (χ1n) is 10.5. The summed E-state index contributed by atoms with van der Waals surface area (Å²) in [6, 6.07) is 14.6. The van der Waals surface area contributed by atoms with Crippen LogP contribution in [0.1, 0.15) is 32.0 Å². The third kappa shape index (κ3) is 4.80. The summed E-state index contributed by atoms with van der Waals surface area (Å²) >= 11 is 0. The van der Waals surface area contributed by atoms with Crippen LogP contribution in [-0.4, -0.2) is 29.6 Å². The molecule has 0 saturated heterocycles. The van der Waals surface area contributed by atoms with Crippen LogP contribution in [0, 0.1) is 6.92 Å². The van der Waals surface area contributed by atoms with E-state index in [9.17, 15) is 13.2 Å². The zero-order valence-corrected chi connectivity index (χ0v) is 20.0. The van der Waals surface area contributed by atoms with E-state index in [1.165, 1.54) is 0 Å². The minimum absolute atomic E-state index is 0.157. The highest BCUT2D eigenvalue weighted by atomic mass is 32.2. The standard InChI is InChI=1S/C25H26N4O3S/c1-15-22(16-8-10-18(11-9-16)29-33(5,31)32)28-21-14-17(25(2,3)4)13-20(23(21)27-15)19-7-6-12-26-24(19)30/h6-14,29H,1-5H3,(H,26,30). The molecule has 8 heteroatoms. The Labute approximate surface area is 193 Å². The number of aromatic amines is 1. The molecule has 0 radical (unpaired) electrons. The molecule has 0 aliphatic heterocycles. The highest BCUT2D eigenvalue weighted by molar-refractivity contribution is 7.92. The quantitative estimate of drug-likeness (QED) is 0.460. The Morgan fingerprint density at radius 2 is 1.67 bits per heavy atom. The average molecular weight is 463 g/mol. The number of aromatic nitrogens is 3. The van der Waals surface area contributed by atoms with E-state index in [1.54, 1.807) is 30.5 Å². The topological polar surface area (TPSA) is 105 Å². The van der Waals surface area contributed by atoms with Crippen LogP contribution < -0.4 is 10.3 Å². The second-order valence-corrected chi connectivity index (χ2v) is 10.9. The lowest BCUT2D eigenvalue weighted by molar-refractivity contribution is 0.591. The number of benzene rings is 2. The van der Waals surface area contributed by atoms with E-state index in [2.05, 4.69) is 30.5 Å². The number of rotatable bonds is 4. The van der Waals surface area contributed by atoms with E-state index >= 15 is 0 Å². The predicted molar refractivity (Wildman–Crippen MR) is 133 cm³/mol. The molecule has 170 valence electrons. The van der Waals surface area contributed by atoms with Crippen LogP contribution in [0.15, 0.2) is 59.5 Å². The van der Waals surface area contributed by atoms with Gasteiger partial charge in [0.15, 0.2) is 0 Å². The van der Waals surface area contributed by atoms with E-state index in [0.717, 1.165) is 22.9 Å². The molecule has 0 unspecified atom stereocenters. The molecule has 7 nitrogen and oxygen atoms in total. The molecule has 0 aliphatic carbocycles. The maximum Gasteiger partial charge on any atom is 0.255 e. The number of anilines is 1. The molecule has 2 aromatic carbocycles. The summed E-state index contributed by atoms with van der Waals surface area (Å²) in [7, 11) is -3.35. The van der Waals surface area contributed by atoms with Crippen molar-refractivity contribution < 1.29 is 8.42 Å². The lowest BCUT2D eigenvalue weighted by Crippen LogP contribution is -2.13. The molecule has 33 heavy (non-hydrogen) atoms. The second kappa shape index (κ2) is 8.12. The highest BCUT2D eigenvalue weighted by Crippen LogP contribution is 2.34. The van der Waals surface area contributed by atoms with Crippen molar-refractivity contribution in [2.45, 2.75) is 33.1 Å². The van der Waals surface area contributed by atoms with Crippen molar-refractivity contribution >= 4 is 26.7 Å². The summed E-state index contributed by atoms with van der Waals surface area (Å²) in [6.07, 6.45) is 2.72. The van der Waals surface area contributed by atoms with Gasteiger partial charge in [0.2, 0.25) is 10.0 Å². The molecule has 4 aromatic rings. The molecule has 2 heterocycles. The van der Waals surface area contributed by atoms with Crippen LogP contribution in [0.3, 0.4) is 0 Å². The normalized spacial score (nSPS) is 12.2. The van der Waals surface area contributed by atoms with Gasteiger partial charge >= 0.3 is 0 Å². The first kappa shape index (κ1) is 22.7. The van der Waals surface area contributed by atoms with E-state index < -0.39 is 10.0 Å². The molecule has 2 N–H and O–H groups in total. The van der Waals surface area contributed by atoms with Crippen molar-refractivity contribution in [3.63, 3.8) is 0 Å². The van der Waals surface area contributed by atoms with Crippen molar-refractivity contribution in [1.82, 2.24) is 15.0 Å². The molecule has 0 amide bonds. The summed E-state index contributed by atoms with van der Waals surface area (Å²) in [5, 5.41) is 0. The summed E-state index contributed by atoms with van der Waals surface area (Å²) in [6.45, 7) is 8.22. The van der Waals surface area contributed by atoms with E-state index in [-0.39, 0.29) is 11.0 Å². The van der Waals surface area contributed by atoms with Gasteiger partial charge < -0.3 is 4.98 Å². The fraction of sp³-hybridized carbons (Fsp3) is 0.240. The molecular formula is C25H26N4O3S. The van der Waals surface area contributed by atoms with E-state index in [4.69, 9.17) is 9.97 Å². The molecule has 4 rings (SSSR count). The number of aryl methyl sites for hydroxylation is 1. The summed E-state index contributed by atoms with van der Waals surface area (Å²) < 4.78 is 25.4. The van der Waals surface area contributed by atoms with Crippen molar-refractivity contribution in [3.05, 3.63) is 76.3 Å². The third-order valence-corrected chi connectivity index (χ3v) is 5.99. The van der Waals surface area contributed by atoms with Gasteiger partial charge in [-0.15, -0.1) is 0 Å². The van der Waals surface area contributed by atoms with Gasteiger partial charge in [0, 0.05) is 28.6 Å². The number of H-pyrrole nitrogens is 1. The Morgan fingerprint density at radius 3 is 2.27 bits per heavy atom. The third-order valence-electron chi connectivity index (χ3n) is 5.38. The van der Waals surface area contributed by atoms with Gasteiger partial charge in [0.05, 0.1) is 28.7 Å². The Hall–Kier alpha value is -3.52. The summed E-state index contributed by atoms with van der Waals surface area (Å²) in [5.74, 6) is 0. The number of pyridine rings is 1. The Bertz CT molecular complexity index is 1520. The van der Waals surface area contributed by atoms with Crippen LogP contribution >= 0.6 is 0 Å². The molecule has 0 fully saturated rings. The Kier molecular flexibility index (Phi) is 5.57. The smallest absolute Gasteiger partial charge is 0.255 e. The van der Waals surface area contributed by atoms with Crippen molar-refractivity contribution in [2.24, 2.45) is 0 Å². The van der Waals surface area contributed by atoms with Crippen molar-refractivity contribution in [3.8, 4) is 22.4 Å². The number of sulfonamides is 1. The molecular weight excluding hydrogens is 436 g/mol. The Morgan fingerprint density at radius 1 is 0.970 bits per heavy atom. The van der Waals surface area contributed by atoms with Gasteiger partial charge in [0.25, 0.3) is 5.56 Å². The fourth-order valence-electron chi connectivity index (χ4n) is 3.70. The van der Waals surface area contributed by atoms with Gasteiger partial charge in [-0.05, 0) is 54.3 Å². The van der Waals surface area contributed by atoms with Crippen LogP contribution in [0.2, 0.25) is 0 Å². The molecule has 0 atom stereocenters. The predicted octanol–water partition coefficient (Wildman–Crippen LogP) is 4.63. The summed E-state index contributed by atoms with van der Waals surface area (Å²) in [5.41, 5.74) is 6.07. The minimum atomic E-state index is -3.35. The molecule has 0 aliphatic rings. The van der Waals surface area contributed by atoms with E-state index in [0.29, 0.717) is 33.7 Å². The molecule has 2 aromatic heterocycles. The van der Waals surface area contributed by atoms with Crippen LogP contribution in [0.4, 0.5) is 5.69 Å². The molecule has 0 bridgehead atoms. The van der Waals surface area contributed by atoms with Crippen LogP contribution in [0.25, 0.3) is 33.4 Å². The van der Waals surface area contributed by atoms with Gasteiger partial charge in [-0.1, -0.05) is 32.9 Å². The van der Waals surface area contributed by atoms with E-state index in [1.807, 2.05) is 31.2 Å². The summed E-state index contributed by atoms with van der Waals surface area (Å²) in [4.78, 5) is 25.1. The lowest BCUT2D eigenvalue weighted by Gasteiger charge is -2.21. The maximum atomic E-state index is 12.6. The van der Waals surface area contributed by atoms with Gasteiger partial charge in [0.1, 0.15) is 0 Å². The lowest BCUT2D eigenvalue weighted by atomic mass is 9.85. The van der Waals surface area contributed by atoms with Crippen LogP contribution in [-0.2, 0) is 15.4 Å². The minimum Gasteiger partial charge on any atom is -0.329 e. The van der Waals surface area contributed by atoms with Gasteiger partial charge in [-0.3, -0.25) is 9.52 Å². The average Bonchev–Trinajstić information content (AvgIpc) is 2.72. The SMILES string of the molecule is Cc1nc2c(-c3ccc[nH]c3=O)cc(C(C)(C)C)cc2nc1-c1ccc(NS(C)(=O)=O)cc1. The monoisotopic (exact) mass is 462 g/mol. The fourth-order valence-corrected chi connectivity index (χ4v) is 4.26.